The molecule has 0 atom stereocenters. The van der Waals surface area contributed by atoms with E-state index < -0.39 is 6.09 Å². The molecule has 2 heterocycles. The quantitative estimate of drug-likeness (QED) is 0.665. The van der Waals surface area contributed by atoms with Gasteiger partial charge in [-0.25, -0.2) is 14.2 Å². The van der Waals surface area contributed by atoms with E-state index in [-0.39, 0.29) is 11.8 Å². The molecule has 0 aliphatic carbocycles. The van der Waals surface area contributed by atoms with Crippen LogP contribution in [0.25, 0.3) is 5.65 Å². The third-order valence-electron chi connectivity index (χ3n) is 3.17. The second-order valence-electron chi connectivity index (χ2n) is 4.73. The number of nitrogens with zero attached hydrogens (tertiary/aromatic N) is 4. The van der Waals surface area contributed by atoms with Gasteiger partial charge in [-0.05, 0) is 24.1 Å². The Hall–Kier alpha value is -3.23. The molecule has 0 radical (unpaired) electrons. The molecule has 0 saturated heterocycles. The number of amides is 1. The van der Waals surface area contributed by atoms with Crippen LogP contribution in [0.1, 0.15) is 5.56 Å². The second-order valence-corrected chi connectivity index (χ2v) is 4.73. The standard InChI is InChI=1S/C14H13FN6O2/c15-10-3-1-9(2-4-10)5-6-16-11-12-19-20-13(18-14(22)23)21(12)8-7-17-11/h1-4,7-8H,5-6H2,(H,16,17)(H,18,20)(H,22,23). The van der Waals surface area contributed by atoms with E-state index in [2.05, 4.69) is 25.8 Å². The van der Waals surface area contributed by atoms with Crippen LogP contribution in [-0.4, -0.2) is 37.3 Å². The number of hydrogen-bond donors (Lipinski definition) is 3. The van der Waals surface area contributed by atoms with Gasteiger partial charge in [0.2, 0.25) is 11.6 Å². The fourth-order valence-electron chi connectivity index (χ4n) is 2.11. The average molecular weight is 316 g/mol. The molecule has 0 unspecified atom stereocenters. The van der Waals surface area contributed by atoms with Crippen molar-refractivity contribution in [2.75, 3.05) is 17.2 Å². The predicted molar refractivity (Wildman–Crippen MR) is 81.0 cm³/mol. The van der Waals surface area contributed by atoms with Crippen molar-refractivity contribution in [3.63, 3.8) is 0 Å². The molecular weight excluding hydrogens is 303 g/mol. The van der Waals surface area contributed by atoms with E-state index in [1.165, 1.54) is 22.7 Å². The lowest BCUT2D eigenvalue weighted by atomic mass is 10.1. The van der Waals surface area contributed by atoms with Gasteiger partial charge in [-0.15, -0.1) is 10.2 Å². The van der Waals surface area contributed by atoms with Gasteiger partial charge in [0.05, 0.1) is 0 Å². The maximum absolute atomic E-state index is 12.8. The molecular formula is C14H13FN6O2. The van der Waals surface area contributed by atoms with E-state index in [1.54, 1.807) is 18.3 Å². The van der Waals surface area contributed by atoms with Crippen LogP contribution in [0, 0.1) is 5.82 Å². The first-order valence-electron chi connectivity index (χ1n) is 6.81. The highest BCUT2D eigenvalue weighted by Crippen LogP contribution is 2.15. The zero-order valence-corrected chi connectivity index (χ0v) is 11.9. The zero-order valence-electron chi connectivity index (χ0n) is 11.9. The molecule has 3 rings (SSSR count). The van der Waals surface area contributed by atoms with Crippen molar-refractivity contribution < 1.29 is 14.3 Å². The van der Waals surface area contributed by atoms with Crippen LogP contribution >= 0.6 is 0 Å². The van der Waals surface area contributed by atoms with Gasteiger partial charge in [-0.3, -0.25) is 9.72 Å². The molecule has 3 N–H and O–H groups in total. The summed E-state index contributed by atoms with van der Waals surface area (Å²) in [6.45, 7) is 0.562. The van der Waals surface area contributed by atoms with Crippen molar-refractivity contribution in [3.8, 4) is 0 Å². The van der Waals surface area contributed by atoms with Gasteiger partial charge in [0, 0.05) is 18.9 Å². The average Bonchev–Trinajstić information content (AvgIpc) is 2.93. The monoisotopic (exact) mass is 316 g/mol. The topological polar surface area (TPSA) is 104 Å². The summed E-state index contributed by atoms with van der Waals surface area (Å²) in [5, 5.41) is 21.7. The fraction of sp³-hybridized carbons (Fsp3) is 0.143. The van der Waals surface area contributed by atoms with Crippen LogP contribution in [0.3, 0.4) is 0 Å². The molecule has 3 aromatic rings. The number of hydrogen-bond acceptors (Lipinski definition) is 5. The van der Waals surface area contributed by atoms with Crippen LogP contribution in [-0.2, 0) is 6.42 Å². The van der Waals surface area contributed by atoms with E-state index in [9.17, 15) is 9.18 Å². The van der Waals surface area contributed by atoms with Crippen molar-refractivity contribution in [2.24, 2.45) is 0 Å². The number of anilines is 2. The Morgan fingerprint density at radius 2 is 2.04 bits per heavy atom. The lowest BCUT2D eigenvalue weighted by molar-refractivity contribution is 0.209. The van der Waals surface area contributed by atoms with Crippen molar-refractivity contribution in [2.45, 2.75) is 6.42 Å². The number of carboxylic acid groups (broad SMARTS) is 1. The summed E-state index contributed by atoms with van der Waals surface area (Å²) in [7, 11) is 0. The number of carbonyl (C=O) groups is 1. The highest BCUT2D eigenvalue weighted by atomic mass is 19.1. The molecule has 0 aliphatic rings. The SMILES string of the molecule is O=C(O)Nc1nnc2c(NCCc3ccc(F)cc3)nccn12. The Balaban J connectivity index is 1.71. The zero-order chi connectivity index (χ0) is 16.2. The van der Waals surface area contributed by atoms with Crippen molar-refractivity contribution in [1.29, 1.82) is 0 Å². The van der Waals surface area contributed by atoms with Crippen LogP contribution < -0.4 is 10.6 Å². The molecule has 1 amide bonds. The van der Waals surface area contributed by atoms with E-state index in [1.807, 2.05) is 0 Å². The highest BCUT2D eigenvalue weighted by molar-refractivity contribution is 5.81. The van der Waals surface area contributed by atoms with Crippen molar-refractivity contribution in [3.05, 3.63) is 48.0 Å². The number of aromatic nitrogens is 4. The summed E-state index contributed by atoms with van der Waals surface area (Å²) < 4.78 is 14.3. The Morgan fingerprint density at radius 1 is 1.26 bits per heavy atom. The van der Waals surface area contributed by atoms with E-state index in [0.717, 1.165) is 5.56 Å². The normalized spacial score (nSPS) is 10.7. The molecule has 0 saturated carbocycles. The Kier molecular flexibility index (Phi) is 4.00. The van der Waals surface area contributed by atoms with Gasteiger partial charge >= 0.3 is 6.09 Å². The maximum atomic E-state index is 12.8. The fourth-order valence-corrected chi connectivity index (χ4v) is 2.11. The minimum absolute atomic E-state index is 0.0940. The van der Waals surface area contributed by atoms with Gasteiger partial charge in [-0.2, -0.15) is 0 Å². The van der Waals surface area contributed by atoms with Crippen LogP contribution in [0.15, 0.2) is 36.7 Å². The summed E-state index contributed by atoms with van der Waals surface area (Å²) in [5.74, 6) is 0.312. The molecule has 0 spiro atoms. The summed E-state index contributed by atoms with van der Waals surface area (Å²) in [5.41, 5.74) is 1.40. The Labute approximate surface area is 130 Å². The lowest BCUT2D eigenvalue weighted by Gasteiger charge is -2.07. The first-order valence-corrected chi connectivity index (χ1v) is 6.81. The van der Waals surface area contributed by atoms with E-state index in [4.69, 9.17) is 5.11 Å². The first-order chi connectivity index (χ1) is 11.1. The number of rotatable bonds is 5. The number of nitrogens with one attached hydrogen (secondary N) is 2. The van der Waals surface area contributed by atoms with Gasteiger partial charge in [0.1, 0.15) is 5.82 Å². The van der Waals surface area contributed by atoms with E-state index in [0.29, 0.717) is 24.4 Å². The predicted octanol–water partition coefficient (Wildman–Crippen LogP) is 2.01. The van der Waals surface area contributed by atoms with Gasteiger partial charge in [0.15, 0.2) is 5.82 Å². The lowest BCUT2D eigenvalue weighted by Crippen LogP contribution is -2.11. The van der Waals surface area contributed by atoms with Crippen LogP contribution in [0.2, 0.25) is 0 Å². The molecule has 8 nitrogen and oxygen atoms in total. The Bertz CT molecular complexity index is 833. The molecule has 1 aromatic carbocycles. The van der Waals surface area contributed by atoms with Gasteiger partial charge in [0.25, 0.3) is 0 Å². The van der Waals surface area contributed by atoms with Crippen molar-refractivity contribution in [1.82, 2.24) is 19.6 Å². The van der Waals surface area contributed by atoms with Crippen LogP contribution in [0.5, 0.6) is 0 Å². The summed E-state index contributed by atoms with van der Waals surface area (Å²) in [6.07, 6.45) is 2.54. The molecule has 118 valence electrons. The largest absolute Gasteiger partial charge is 0.465 e. The molecule has 0 bridgehead atoms. The van der Waals surface area contributed by atoms with Crippen molar-refractivity contribution >= 4 is 23.5 Å². The third kappa shape index (κ3) is 3.34. The smallest absolute Gasteiger partial charge is 0.411 e. The minimum Gasteiger partial charge on any atom is -0.465 e. The first kappa shape index (κ1) is 14.7. The molecule has 0 fully saturated rings. The maximum Gasteiger partial charge on any atom is 0.411 e. The number of benzene rings is 1. The summed E-state index contributed by atoms with van der Waals surface area (Å²) >= 11 is 0. The van der Waals surface area contributed by atoms with Crippen LogP contribution in [0.4, 0.5) is 21.0 Å². The van der Waals surface area contributed by atoms with Gasteiger partial charge < -0.3 is 10.4 Å². The third-order valence-corrected chi connectivity index (χ3v) is 3.17. The number of fused-ring (bicyclic) bond motifs is 1. The molecule has 9 heteroatoms. The molecule has 23 heavy (non-hydrogen) atoms. The minimum atomic E-state index is -1.22. The van der Waals surface area contributed by atoms with E-state index >= 15 is 0 Å². The number of halogens is 1. The Morgan fingerprint density at radius 3 is 2.78 bits per heavy atom. The summed E-state index contributed by atoms with van der Waals surface area (Å²) in [6, 6.07) is 6.27. The summed E-state index contributed by atoms with van der Waals surface area (Å²) in [4.78, 5) is 14.9. The highest BCUT2D eigenvalue weighted by Gasteiger charge is 2.11. The van der Waals surface area contributed by atoms with Gasteiger partial charge in [-0.1, -0.05) is 12.1 Å². The molecule has 0 aliphatic heterocycles. The second kappa shape index (κ2) is 6.26. The molecule has 2 aromatic heterocycles.